The first-order valence-electron chi connectivity index (χ1n) is 7.66. The second kappa shape index (κ2) is 9.22. The number of thioether (sulfide) groups is 2. The smallest absolute Gasteiger partial charge is 0.326 e. The van der Waals surface area contributed by atoms with Crippen molar-refractivity contribution in [2.45, 2.75) is 19.4 Å². The summed E-state index contributed by atoms with van der Waals surface area (Å²) in [6.07, 6.45) is 6.00. The molecule has 1 atom stereocenters. The van der Waals surface area contributed by atoms with Crippen molar-refractivity contribution in [3.05, 3.63) is 52.4 Å². The van der Waals surface area contributed by atoms with E-state index in [0.29, 0.717) is 21.4 Å². The number of hydrogen-bond acceptors (Lipinski definition) is 5. The van der Waals surface area contributed by atoms with E-state index in [0.717, 1.165) is 22.9 Å². The third kappa shape index (κ3) is 5.20. The third-order valence-electron chi connectivity index (χ3n) is 3.57. The number of carbonyl (C=O) groups is 2. The van der Waals surface area contributed by atoms with Crippen molar-refractivity contribution in [3.8, 4) is 0 Å². The molecule has 1 aromatic rings. The second-order valence-corrected chi connectivity index (χ2v) is 8.15. The van der Waals surface area contributed by atoms with Gasteiger partial charge in [0.1, 0.15) is 10.4 Å². The highest BCUT2D eigenvalue weighted by Crippen LogP contribution is 2.34. The number of thiocarbonyl (C=S) groups is 1. The van der Waals surface area contributed by atoms with Crippen LogP contribution < -0.4 is 0 Å². The number of hydrogen-bond donors (Lipinski definition) is 1. The summed E-state index contributed by atoms with van der Waals surface area (Å²) in [4.78, 5) is 25.9. The van der Waals surface area contributed by atoms with Crippen LogP contribution in [-0.4, -0.2) is 44.3 Å². The number of nitrogens with zero attached hydrogens (tertiary/aromatic N) is 1. The number of rotatable bonds is 7. The lowest BCUT2D eigenvalue weighted by Gasteiger charge is -2.22. The molecule has 1 amide bonds. The Kier molecular flexibility index (Phi) is 7.28. The van der Waals surface area contributed by atoms with Crippen molar-refractivity contribution in [2.24, 2.45) is 0 Å². The summed E-state index contributed by atoms with van der Waals surface area (Å²) in [5.74, 6) is -0.701. The van der Waals surface area contributed by atoms with Gasteiger partial charge in [0.15, 0.2) is 0 Å². The Morgan fingerprint density at radius 1 is 1.40 bits per heavy atom. The number of carbonyl (C=O) groups excluding carboxylic acids is 1. The van der Waals surface area contributed by atoms with Crippen LogP contribution >= 0.6 is 35.7 Å². The average molecular weight is 394 g/mol. The van der Waals surface area contributed by atoms with Crippen molar-refractivity contribution in [1.29, 1.82) is 0 Å². The van der Waals surface area contributed by atoms with Gasteiger partial charge in [0.2, 0.25) is 0 Å². The van der Waals surface area contributed by atoms with Crippen molar-refractivity contribution in [1.82, 2.24) is 4.90 Å². The van der Waals surface area contributed by atoms with Crippen molar-refractivity contribution in [3.63, 3.8) is 0 Å². The van der Waals surface area contributed by atoms with Gasteiger partial charge in [-0.1, -0.05) is 60.4 Å². The maximum atomic E-state index is 12.7. The van der Waals surface area contributed by atoms with Crippen LogP contribution in [0, 0.1) is 0 Å². The number of benzene rings is 1. The fourth-order valence-corrected chi connectivity index (χ4v) is 4.27. The quantitative estimate of drug-likeness (QED) is 0.557. The summed E-state index contributed by atoms with van der Waals surface area (Å²) < 4.78 is 0.303. The molecule has 1 saturated heterocycles. The molecule has 0 radical (unpaired) electrons. The van der Waals surface area contributed by atoms with Gasteiger partial charge in [-0.3, -0.25) is 9.69 Å². The molecule has 7 heteroatoms. The predicted molar refractivity (Wildman–Crippen MR) is 110 cm³/mol. The molecule has 0 unspecified atom stereocenters. The zero-order valence-corrected chi connectivity index (χ0v) is 16.4. The molecule has 0 saturated carbocycles. The lowest BCUT2D eigenvalue weighted by molar-refractivity contribution is -0.145. The zero-order valence-electron chi connectivity index (χ0n) is 14.0. The summed E-state index contributed by atoms with van der Waals surface area (Å²) in [5, 5.41) is 9.46. The molecule has 1 N–H and O–H groups in total. The monoisotopic (exact) mass is 393 g/mol. The molecule has 1 fully saturated rings. The number of amides is 1. The Morgan fingerprint density at radius 2 is 2.08 bits per heavy atom. The second-order valence-electron chi connectivity index (χ2n) is 5.49. The Hall–Kier alpha value is -1.57. The molecular formula is C18H19NO3S3. The van der Waals surface area contributed by atoms with Crippen LogP contribution in [0.3, 0.4) is 0 Å². The fourth-order valence-electron chi connectivity index (χ4n) is 2.40. The summed E-state index contributed by atoms with van der Waals surface area (Å²) >= 11 is 7.96. The van der Waals surface area contributed by atoms with Crippen molar-refractivity contribution < 1.29 is 14.7 Å². The van der Waals surface area contributed by atoms with Crippen LogP contribution in [0.15, 0.2) is 46.9 Å². The van der Waals surface area contributed by atoms with E-state index in [1.165, 1.54) is 4.90 Å². The summed E-state index contributed by atoms with van der Waals surface area (Å²) in [5.41, 5.74) is 1.94. The van der Waals surface area contributed by atoms with Crippen LogP contribution in [0.5, 0.6) is 0 Å². The number of carboxylic acids is 1. The van der Waals surface area contributed by atoms with E-state index in [4.69, 9.17) is 12.2 Å². The highest BCUT2D eigenvalue weighted by Gasteiger charge is 2.40. The maximum Gasteiger partial charge on any atom is 0.326 e. The largest absolute Gasteiger partial charge is 0.480 e. The van der Waals surface area contributed by atoms with Crippen LogP contribution in [0.4, 0.5) is 0 Å². The fraction of sp³-hybridized carbons (Fsp3) is 0.278. The highest BCUT2D eigenvalue weighted by atomic mass is 32.2. The van der Waals surface area contributed by atoms with Gasteiger partial charge in [0.25, 0.3) is 5.91 Å². The summed E-state index contributed by atoms with van der Waals surface area (Å²) in [6, 6.07) is 8.88. The topological polar surface area (TPSA) is 57.6 Å². The van der Waals surface area contributed by atoms with Crippen LogP contribution in [-0.2, 0) is 9.59 Å². The van der Waals surface area contributed by atoms with E-state index in [2.05, 4.69) is 0 Å². The van der Waals surface area contributed by atoms with Crippen molar-refractivity contribution in [2.75, 3.05) is 12.0 Å². The molecule has 1 aromatic carbocycles. The van der Waals surface area contributed by atoms with Gasteiger partial charge in [0.05, 0.1) is 4.91 Å². The summed E-state index contributed by atoms with van der Waals surface area (Å²) in [6.45, 7) is 1.90. The van der Waals surface area contributed by atoms with Gasteiger partial charge in [-0.05, 0) is 42.6 Å². The normalized spacial score (nSPS) is 18.1. The molecule has 132 valence electrons. The molecule has 4 nitrogen and oxygen atoms in total. The molecule has 0 aliphatic carbocycles. The minimum Gasteiger partial charge on any atom is -0.480 e. The lowest BCUT2D eigenvalue weighted by atomic mass is 10.1. The first kappa shape index (κ1) is 19.8. The molecule has 1 aliphatic heterocycles. The highest BCUT2D eigenvalue weighted by molar-refractivity contribution is 8.26. The molecule has 0 spiro atoms. The van der Waals surface area contributed by atoms with E-state index in [-0.39, 0.29) is 5.91 Å². The first-order valence-corrected chi connectivity index (χ1v) is 10.3. The molecule has 1 heterocycles. The Bertz CT molecular complexity index is 728. The zero-order chi connectivity index (χ0) is 18.4. The average Bonchev–Trinajstić information content (AvgIpc) is 2.83. The van der Waals surface area contributed by atoms with Crippen LogP contribution in [0.1, 0.15) is 18.9 Å². The molecule has 25 heavy (non-hydrogen) atoms. The third-order valence-corrected chi connectivity index (χ3v) is 5.54. The van der Waals surface area contributed by atoms with Gasteiger partial charge >= 0.3 is 5.97 Å². The van der Waals surface area contributed by atoms with E-state index in [1.807, 2.05) is 49.6 Å². The Balaban J connectivity index is 2.22. The van der Waals surface area contributed by atoms with Gasteiger partial charge in [-0.25, -0.2) is 4.79 Å². The van der Waals surface area contributed by atoms with Crippen molar-refractivity contribution >= 4 is 58.0 Å². The minimum atomic E-state index is -1.02. The van der Waals surface area contributed by atoms with Gasteiger partial charge in [-0.2, -0.15) is 11.8 Å². The number of allylic oxidation sites excluding steroid dienone is 2. The molecule has 2 rings (SSSR count). The number of carboxylic acid groups (broad SMARTS) is 1. The lowest BCUT2D eigenvalue weighted by Crippen LogP contribution is -2.44. The number of aliphatic carboxylic acids is 1. The van der Waals surface area contributed by atoms with Crippen LogP contribution in [0.25, 0.3) is 6.08 Å². The molecule has 1 aliphatic rings. The predicted octanol–water partition coefficient (Wildman–Crippen LogP) is 4.04. The minimum absolute atomic E-state index is 0.303. The molecule has 0 bridgehead atoms. The van der Waals surface area contributed by atoms with Gasteiger partial charge < -0.3 is 5.11 Å². The van der Waals surface area contributed by atoms with Gasteiger partial charge in [0, 0.05) is 0 Å². The standard InChI is InChI=1S/C18H19NO3S3/c1-12(10-13-6-4-3-5-7-13)11-15-16(20)19(18(23)25-15)14(17(21)22)8-9-24-2/h3-7,10-11,14H,8-9H2,1-2H3,(H,21,22)/b12-10+,15-11+/t14-/m0/s1. The Morgan fingerprint density at radius 3 is 2.68 bits per heavy atom. The van der Waals surface area contributed by atoms with Crippen LogP contribution in [0.2, 0.25) is 0 Å². The summed E-state index contributed by atoms with van der Waals surface area (Å²) in [7, 11) is 0. The van der Waals surface area contributed by atoms with E-state index in [1.54, 1.807) is 17.8 Å². The molecule has 0 aromatic heterocycles. The van der Waals surface area contributed by atoms with E-state index < -0.39 is 12.0 Å². The van der Waals surface area contributed by atoms with E-state index >= 15 is 0 Å². The van der Waals surface area contributed by atoms with Gasteiger partial charge in [-0.15, -0.1) is 0 Å². The maximum absolute atomic E-state index is 12.7. The first-order chi connectivity index (χ1) is 11.9. The molecular weight excluding hydrogens is 374 g/mol. The van der Waals surface area contributed by atoms with E-state index in [9.17, 15) is 14.7 Å². The SMILES string of the molecule is CSCC[C@@H](C(=O)O)N1C(=O)/C(=C\C(C)=C\c2ccccc2)SC1=S. The Labute approximate surface area is 161 Å².